The zero-order chi connectivity index (χ0) is 20.1. The van der Waals surface area contributed by atoms with Gasteiger partial charge in [0, 0.05) is 12.1 Å². The maximum atomic E-state index is 13.7. The fourth-order valence-electron chi connectivity index (χ4n) is 2.47. The number of aromatic nitrogens is 2. The normalized spacial score (nSPS) is 11.7. The number of carbonyl (C=O) groups excluding carboxylic acids is 1. The summed E-state index contributed by atoms with van der Waals surface area (Å²) >= 11 is 0. The lowest BCUT2D eigenvalue weighted by Gasteiger charge is -2.17. The molecule has 144 valence electrons. The number of nitrogens with zero attached hydrogens (tertiary/aromatic N) is 2. The molecule has 3 rings (SSSR count). The van der Waals surface area contributed by atoms with E-state index in [1.807, 2.05) is 0 Å². The molecule has 0 fully saturated rings. The average molecular weight is 385 g/mol. The minimum absolute atomic E-state index is 0.0273. The van der Waals surface area contributed by atoms with Crippen LogP contribution in [0.15, 0.2) is 65.5 Å². The van der Waals surface area contributed by atoms with Gasteiger partial charge in [0.15, 0.2) is 6.10 Å². The highest BCUT2D eigenvalue weighted by Crippen LogP contribution is 2.15. The number of benzene rings is 2. The van der Waals surface area contributed by atoms with Crippen molar-refractivity contribution in [2.75, 3.05) is 5.32 Å². The van der Waals surface area contributed by atoms with E-state index < -0.39 is 29.2 Å². The Bertz CT molecular complexity index is 1040. The van der Waals surface area contributed by atoms with Crippen LogP contribution < -0.4 is 15.6 Å². The monoisotopic (exact) mass is 385 g/mol. The van der Waals surface area contributed by atoms with Gasteiger partial charge in [-0.05, 0) is 42.8 Å². The molecule has 1 heterocycles. The third-order valence-corrected chi connectivity index (χ3v) is 3.90. The Morgan fingerprint density at radius 3 is 2.50 bits per heavy atom. The summed E-state index contributed by atoms with van der Waals surface area (Å²) < 4.78 is 33.5. The summed E-state index contributed by atoms with van der Waals surface area (Å²) in [5, 5.41) is 6.54. The van der Waals surface area contributed by atoms with Gasteiger partial charge >= 0.3 is 0 Å². The SMILES string of the molecule is CCC(Oc1ccc(=O)n(-c2ccc(F)cc2)n1)C(=O)Nc1ccccc1F. The number of nitrogens with one attached hydrogen (secondary N) is 1. The van der Waals surface area contributed by atoms with Crippen molar-refractivity contribution in [1.82, 2.24) is 9.78 Å². The van der Waals surface area contributed by atoms with Gasteiger partial charge in [-0.2, -0.15) is 4.68 Å². The van der Waals surface area contributed by atoms with E-state index in [9.17, 15) is 18.4 Å². The molecule has 0 saturated carbocycles. The lowest BCUT2D eigenvalue weighted by Crippen LogP contribution is -2.33. The van der Waals surface area contributed by atoms with Gasteiger partial charge in [-0.1, -0.05) is 19.1 Å². The number of amides is 1. The van der Waals surface area contributed by atoms with E-state index in [4.69, 9.17) is 4.74 Å². The van der Waals surface area contributed by atoms with Crippen LogP contribution in [0.3, 0.4) is 0 Å². The first-order valence-corrected chi connectivity index (χ1v) is 8.56. The highest BCUT2D eigenvalue weighted by molar-refractivity contribution is 5.94. The highest BCUT2D eigenvalue weighted by atomic mass is 19.1. The quantitative estimate of drug-likeness (QED) is 0.707. The van der Waals surface area contributed by atoms with Crippen LogP contribution in [-0.4, -0.2) is 21.8 Å². The molecule has 1 atom stereocenters. The molecular weight excluding hydrogens is 368 g/mol. The van der Waals surface area contributed by atoms with Crippen molar-refractivity contribution >= 4 is 11.6 Å². The first kappa shape index (κ1) is 19.2. The second kappa shape index (κ2) is 8.43. The smallest absolute Gasteiger partial charge is 0.271 e. The van der Waals surface area contributed by atoms with Gasteiger partial charge in [0.25, 0.3) is 11.5 Å². The standard InChI is InChI=1S/C20H17F2N3O3/c1-2-17(20(27)23-16-6-4-3-5-15(16)22)28-18-11-12-19(26)25(24-18)14-9-7-13(21)8-10-14/h3-12,17H,2H2,1H3,(H,23,27). The fraction of sp³-hybridized carbons (Fsp3) is 0.150. The van der Waals surface area contributed by atoms with Gasteiger partial charge < -0.3 is 10.1 Å². The first-order chi connectivity index (χ1) is 13.5. The van der Waals surface area contributed by atoms with E-state index in [0.29, 0.717) is 5.69 Å². The molecule has 3 aromatic rings. The Labute approximate surface area is 159 Å². The van der Waals surface area contributed by atoms with Crippen LogP contribution in [-0.2, 0) is 4.79 Å². The zero-order valence-electron chi connectivity index (χ0n) is 14.9. The van der Waals surface area contributed by atoms with Gasteiger partial charge in [0.05, 0.1) is 11.4 Å². The lowest BCUT2D eigenvalue weighted by atomic mass is 10.2. The molecule has 0 radical (unpaired) electrons. The molecule has 28 heavy (non-hydrogen) atoms. The summed E-state index contributed by atoms with van der Waals surface area (Å²) in [6.07, 6.45) is -0.663. The first-order valence-electron chi connectivity index (χ1n) is 8.56. The number of hydrogen-bond acceptors (Lipinski definition) is 4. The maximum Gasteiger partial charge on any atom is 0.271 e. The minimum atomic E-state index is -0.953. The van der Waals surface area contributed by atoms with E-state index in [-0.39, 0.29) is 18.0 Å². The molecule has 0 aliphatic rings. The van der Waals surface area contributed by atoms with Crippen LogP contribution in [0.1, 0.15) is 13.3 Å². The molecule has 8 heteroatoms. The largest absolute Gasteiger partial charge is 0.463 e. The Kier molecular flexibility index (Phi) is 5.78. The van der Waals surface area contributed by atoms with Gasteiger partial charge in [-0.15, -0.1) is 5.10 Å². The second-order valence-electron chi connectivity index (χ2n) is 5.88. The molecule has 6 nitrogen and oxygen atoms in total. The zero-order valence-corrected chi connectivity index (χ0v) is 14.9. The van der Waals surface area contributed by atoms with Crippen molar-refractivity contribution in [3.8, 4) is 11.6 Å². The van der Waals surface area contributed by atoms with E-state index in [2.05, 4.69) is 10.4 Å². The van der Waals surface area contributed by atoms with Crippen molar-refractivity contribution in [3.63, 3.8) is 0 Å². The van der Waals surface area contributed by atoms with E-state index >= 15 is 0 Å². The van der Waals surface area contributed by atoms with Gasteiger partial charge in [-0.3, -0.25) is 9.59 Å². The molecule has 0 aliphatic heterocycles. The molecule has 1 amide bonds. The van der Waals surface area contributed by atoms with Gasteiger partial charge in [0.2, 0.25) is 5.88 Å². The maximum absolute atomic E-state index is 13.7. The Morgan fingerprint density at radius 2 is 1.82 bits per heavy atom. The lowest BCUT2D eigenvalue weighted by molar-refractivity contribution is -0.123. The molecule has 1 unspecified atom stereocenters. The summed E-state index contributed by atoms with van der Waals surface area (Å²) in [6.45, 7) is 1.72. The molecule has 1 N–H and O–H groups in total. The van der Waals surface area contributed by atoms with E-state index in [0.717, 1.165) is 4.68 Å². The van der Waals surface area contributed by atoms with Crippen molar-refractivity contribution in [2.45, 2.75) is 19.4 Å². The Morgan fingerprint density at radius 1 is 1.11 bits per heavy atom. The molecular formula is C20H17F2N3O3. The number of carbonyl (C=O) groups is 1. The number of para-hydroxylation sites is 1. The summed E-state index contributed by atoms with van der Waals surface area (Å²) in [6, 6.07) is 13.5. The van der Waals surface area contributed by atoms with Crippen LogP contribution in [0, 0.1) is 11.6 Å². The summed E-state index contributed by atoms with van der Waals surface area (Å²) in [7, 11) is 0. The van der Waals surface area contributed by atoms with Crippen molar-refractivity contribution in [2.24, 2.45) is 0 Å². The fourth-order valence-corrected chi connectivity index (χ4v) is 2.47. The number of halogens is 2. The van der Waals surface area contributed by atoms with Gasteiger partial charge in [0.1, 0.15) is 11.6 Å². The average Bonchev–Trinajstić information content (AvgIpc) is 2.69. The summed E-state index contributed by atoms with van der Waals surface area (Å²) in [5.74, 6) is -1.53. The summed E-state index contributed by atoms with van der Waals surface area (Å²) in [4.78, 5) is 24.5. The molecule has 0 aliphatic carbocycles. The topological polar surface area (TPSA) is 73.2 Å². The van der Waals surface area contributed by atoms with Crippen LogP contribution in [0.4, 0.5) is 14.5 Å². The molecule has 2 aromatic carbocycles. The van der Waals surface area contributed by atoms with Crippen molar-refractivity contribution in [3.05, 3.63) is 82.7 Å². The second-order valence-corrected chi connectivity index (χ2v) is 5.88. The highest BCUT2D eigenvalue weighted by Gasteiger charge is 2.20. The van der Waals surface area contributed by atoms with E-state index in [1.165, 1.54) is 54.6 Å². The third kappa shape index (κ3) is 4.40. The van der Waals surface area contributed by atoms with Crippen LogP contribution in [0.25, 0.3) is 5.69 Å². The molecule has 1 aromatic heterocycles. The van der Waals surface area contributed by atoms with Crippen LogP contribution >= 0.6 is 0 Å². The summed E-state index contributed by atoms with van der Waals surface area (Å²) in [5.41, 5.74) is -0.0534. The van der Waals surface area contributed by atoms with Gasteiger partial charge in [-0.25, -0.2) is 8.78 Å². The van der Waals surface area contributed by atoms with Crippen molar-refractivity contribution < 1.29 is 18.3 Å². The predicted molar refractivity (Wildman–Crippen MR) is 99.5 cm³/mol. The van der Waals surface area contributed by atoms with Crippen LogP contribution in [0.2, 0.25) is 0 Å². The molecule has 0 bridgehead atoms. The third-order valence-electron chi connectivity index (χ3n) is 3.90. The van der Waals surface area contributed by atoms with Crippen molar-refractivity contribution in [1.29, 1.82) is 0 Å². The Hall–Kier alpha value is -3.55. The molecule has 0 saturated heterocycles. The minimum Gasteiger partial charge on any atom is -0.463 e. The number of ether oxygens (including phenoxy) is 1. The number of anilines is 1. The number of rotatable bonds is 6. The Balaban J connectivity index is 1.80. The number of hydrogen-bond donors (Lipinski definition) is 1. The van der Waals surface area contributed by atoms with E-state index in [1.54, 1.807) is 13.0 Å². The molecule has 0 spiro atoms. The predicted octanol–water partition coefficient (Wildman–Crippen LogP) is 3.31. The van der Waals surface area contributed by atoms with Crippen LogP contribution in [0.5, 0.6) is 5.88 Å².